The van der Waals surface area contributed by atoms with Crippen molar-refractivity contribution in [2.75, 3.05) is 21.1 Å². The molecule has 0 radical (unpaired) electrons. The molecule has 0 aliphatic rings. The fourth-order valence-electron chi connectivity index (χ4n) is 5.01. The molecule has 0 heterocycles. The van der Waals surface area contributed by atoms with E-state index >= 15 is 0 Å². The number of rotatable bonds is 11. The van der Waals surface area contributed by atoms with Gasteiger partial charge < -0.3 is 20.9 Å². The number of carbonyl (C=O) groups is 3. The van der Waals surface area contributed by atoms with Gasteiger partial charge in [-0.3, -0.25) is 14.4 Å². The summed E-state index contributed by atoms with van der Waals surface area (Å²) in [6, 6.07) is 22.1. The lowest BCUT2D eigenvalue weighted by molar-refractivity contribution is -0.146. The van der Waals surface area contributed by atoms with Crippen LogP contribution in [0.15, 0.2) is 84.4 Å². The van der Waals surface area contributed by atoms with E-state index < -0.39 is 17.6 Å². The molecule has 7 nitrogen and oxygen atoms in total. The van der Waals surface area contributed by atoms with Gasteiger partial charge in [-0.15, -0.1) is 0 Å². The van der Waals surface area contributed by atoms with Crippen LogP contribution in [-0.2, 0) is 27.2 Å². The Morgan fingerprint density at radius 3 is 2.08 bits per heavy atom. The number of hydrogen-bond donors (Lipinski definition) is 2. The summed E-state index contributed by atoms with van der Waals surface area (Å²) in [6.07, 6.45) is 2.76. The third-order valence-electron chi connectivity index (χ3n) is 7.08. The Balaban J connectivity index is 1.96. The largest absolute Gasteiger partial charge is 0.357 e. The summed E-state index contributed by atoms with van der Waals surface area (Å²) in [5, 5.41) is 4.85. The Morgan fingerprint density at radius 2 is 1.45 bits per heavy atom. The van der Waals surface area contributed by atoms with E-state index in [4.69, 9.17) is 5.73 Å². The van der Waals surface area contributed by atoms with E-state index in [9.17, 15) is 14.4 Å². The molecule has 0 unspecified atom stereocenters. The Morgan fingerprint density at radius 1 is 0.850 bits per heavy atom. The van der Waals surface area contributed by atoms with Crippen molar-refractivity contribution in [1.29, 1.82) is 0 Å². The Kier molecular flexibility index (Phi) is 10.2. The average Bonchev–Trinajstić information content (AvgIpc) is 2.92. The summed E-state index contributed by atoms with van der Waals surface area (Å²) in [5.74, 6) is -0.855. The maximum atomic E-state index is 14.1. The number of benzene rings is 3. The number of amides is 3. The molecule has 3 amide bonds. The molecular weight excluding hydrogens is 500 g/mol. The Labute approximate surface area is 238 Å². The Hall–Kier alpha value is -3.97. The van der Waals surface area contributed by atoms with Gasteiger partial charge in [0.25, 0.3) is 0 Å². The summed E-state index contributed by atoms with van der Waals surface area (Å²) in [7, 11) is 4.84. The van der Waals surface area contributed by atoms with Gasteiger partial charge in [0.2, 0.25) is 17.7 Å². The summed E-state index contributed by atoms with van der Waals surface area (Å²) >= 11 is 0. The number of likely N-dealkylation sites (N-methyl/N-ethyl adjacent to an activating group) is 3. The van der Waals surface area contributed by atoms with Crippen LogP contribution < -0.4 is 11.1 Å². The molecule has 0 bridgehead atoms. The van der Waals surface area contributed by atoms with Crippen molar-refractivity contribution < 1.29 is 14.4 Å². The fourth-order valence-corrected chi connectivity index (χ4v) is 5.01. The lowest BCUT2D eigenvalue weighted by atomic mass is 9.96. The van der Waals surface area contributed by atoms with Crippen LogP contribution in [0.4, 0.5) is 0 Å². The van der Waals surface area contributed by atoms with Crippen molar-refractivity contribution in [3.63, 3.8) is 0 Å². The van der Waals surface area contributed by atoms with Crippen LogP contribution >= 0.6 is 0 Å². The number of nitrogens with one attached hydrogen (secondary N) is 1. The molecule has 0 saturated carbocycles. The minimum absolute atomic E-state index is 0.265. The van der Waals surface area contributed by atoms with Gasteiger partial charge >= 0.3 is 0 Å². The predicted octanol–water partition coefficient (Wildman–Crippen LogP) is 4.10. The second kappa shape index (κ2) is 13.4. The van der Waals surface area contributed by atoms with E-state index in [0.717, 1.165) is 27.5 Å². The van der Waals surface area contributed by atoms with Gasteiger partial charge in [-0.05, 0) is 49.1 Å². The molecule has 2 atom stereocenters. The molecule has 0 aliphatic heterocycles. The second-order valence-electron chi connectivity index (χ2n) is 11.3. The first-order valence-corrected chi connectivity index (χ1v) is 13.6. The zero-order chi connectivity index (χ0) is 29.4. The molecular formula is C33H42N4O3. The topological polar surface area (TPSA) is 95.7 Å². The zero-order valence-electron chi connectivity index (χ0n) is 24.5. The molecule has 3 rings (SSSR count). The number of hydrogen-bond acceptors (Lipinski definition) is 4. The van der Waals surface area contributed by atoms with Gasteiger partial charge in [0.05, 0.1) is 0 Å². The summed E-state index contributed by atoms with van der Waals surface area (Å²) in [6.45, 7) is 5.69. The molecule has 3 N–H and O–H groups in total. The minimum atomic E-state index is -0.823. The minimum Gasteiger partial charge on any atom is -0.357 e. The lowest BCUT2D eigenvalue weighted by Crippen LogP contribution is -2.55. The van der Waals surface area contributed by atoms with E-state index in [1.165, 1.54) is 9.80 Å². The first-order valence-electron chi connectivity index (χ1n) is 13.6. The van der Waals surface area contributed by atoms with E-state index in [-0.39, 0.29) is 17.7 Å². The van der Waals surface area contributed by atoms with Crippen molar-refractivity contribution in [1.82, 2.24) is 15.1 Å². The maximum absolute atomic E-state index is 14.1. The fraction of sp³-hybridized carbons (Fsp3) is 0.364. The zero-order valence-corrected chi connectivity index (χ0v) is 24.5. The van der Waals surface area contributed by atoms with Crippen LogP contribution in [0.3, 0.4) is 0 Å². The number of fused-ring (bicyclic) bond motifs is 1. The summed E-state index contributed by atoms with van der Waals surface area (Å²) < 4.78 is 0. The van der Waals surface area contributed by atoms with Crippen LogP contribution in [-0.4, -0.2) is 66.3 Å². The van der Waals surface area contributed by atoms with Crippen LogP contribution in [0, 0.1) is 0 Å². The highest BCUT2D eigenvalue weighted by Gasteiger charge is 2.34. The first kappa shape index (κ1) is 30.6. The second-order valence-corrected chi connectivity index (χ2v) is 11.3. The monoisotopic (exact) mass is 542 g/mol. The summed E-state index contributed by atoms with van der Waals surface area (Å²) in [5.41, 5.74) is 8.40. The smallest absolute Gasteiger partial charge is 0.246 e. The van der Waals surface area contributed by atoms with Crippen molar-refractivity contribution in [3.05, 3.63) is 95.6 Å². The van der Waals surface area contributed by atoms with Crippen LogP contribution in [0.25, 0.3) is 10.8 Å². The highest BCUT2D eigenvalue weighted by Crippen LogP contribution is 2.21. The first-order chi connectivity index (χ1) is 18.9. The van der Waals surface area contributed by atoms with E-state index in [1.54, 1.807) is 27.2 Å². The number of nitrogens with zero attached hydrogens (tertiary/aromatic N) is 2. The molecule has 0 spiro atoms. The van der Waals surface area contributed by atoms with Crippen molar-refractivity contribution >= 4 is 28.5 Å². The molecule has 212 valence electrons. The van der Waals surface area contributed by atoms with Crippen molar-refractivity contribution in [2.24, 2.45) is 5.73 Å². The third-order valence-corrected chi connectivity index (χ3v) is 7.08. The normalized spacial score (nSPS) is 13.4. The highest BCUT2D eigenvalue weighted by molar-refractivity contribution is 5.95. The molecule has 0 aromatic heterocycles. The van der Waals surface area contributed by atoms with Crippen LogP contribution in [0.1, 0.15) is 38.3 Å². The summed E-state index contributed by atoms with van der Waals surface area (Å²) in [4.78, 5) is 43.5. The SMILES string of the molecule is CNC(=O)[C@@H](Cc1ccccc1)N(C)C(=O)[C@@H](Cc1ccc2ccccc2c1)N(C)C(=O)C=C(C)CC(C)(C)N. The highest BCUT2D eigenvalue weighted by atomic mass is 16.2. The number of carbonyl (C=O) groups excluding carboxylic acids is 3. The van der Waals surface area contributed by atoms with Gasteiger partial charge in [0.1, 0.15) is 12.1 Å². The molecule has 40 heavy (non-hydrogen) atoms. The van der Waals surface area contributed by atoms with Crippen molar-refractivity contribution in [3.8, 4) is 0 Å². The van der Waals surface area contributed by atoms with E-state index in [1.807, 2.05) is 93.6 Å². The average molecular weight is 543 g/mol. The van der Waals surface area contributed by atoms with Gasteiger partial charge in [0, 0.05) is 45.6 Å². The molecule has 0 fully saturated rings. The van der Waals surface area contributed by atoms with Crippen LogP contribution in [0.2, 0.25) is 0 Å². The number of nitrogens with two attached hydrogens (primary N) is 1. The van der Waals surface area contributed by atoms with Gasteiger partial charge in [0.15, 0.2) is 0 Å². The van der Waals surface area contributed by atoms with E-state index in [2.05, 4.69) is 5.32 Å². The lowest BCUT2D eigenvalue weighted by Gasteiger charge is -2.34. The predicted molar refractivity (Wildman–Crippen MR) is 162 cm³/mol. The standard InChI is InChI=1S/C33H42N4O3/c1-23(22-33(2,3)34)18-30(38)36(5)29(21-25-16-17-26-14-10-11-15-27(26)19-25)32(40)37(6)28(31(39)35-4)20-24-12-8-7-9-13-24/h7-19,28-29H,20-22,34H2,1-6H3,(H,35,39)/t28-,29-/m1/s1. The van der Waals surface area contributed by atoms with E-state index in [0.29, 0.717) is 19.3 Å². The van der Waals surface area contributed by atoms with Gasteiger partial charge in [-0.1, -0.05) is 78.4 Å². The molecule has 3 aromatic carbocycles. The maximum Gasteiger partial charge on any atom is 0.246 e. The van der Waals surface area contributed by atoms with Gasteiger partial charge in [-0.25, -0.2) is 0 Å². The molecule has 0 aliphatic carbocycles. The molecule has 0 saturated heterocycles. The Bertz CT molecular complexity index is 1360. The van der Waals surface area contributed by atoms with Crippen LogP contribution in [0.5, 0.6) is 0 Å². The molecule has 7 heteroatoms. The van der Waals surface area contributed by atoms with Crippen molar-refractivity contribution in [2.45, 2.75) is 57.7 Å². The van der Waals surface area contributed by atoms with Gasteiger partial charge in [-0.2, -0.15) is 0 Å². The third kappa shape index (κ3) is 8.26. The molecule has 3 aromatic rings. The quantitative estimate of drug-likeness (QED) is 0.357.